The molecule has 0 saturated heterocycles. The SMILES string of the molecule is C[n+]1c(/C=C/c2cccc(Br)c2)sc2ccccc21. The van der Waals surface area contributed by atoms with Crippen molar-refractivity contribution in [2.45, 2.75) is 0 Å². The molecule has 0 spiro atoms. The van der Waals surface area contributed by atoms with Crippen molar-refractivity contribution in [2.24, 2.45) is 7.05 Å². The van der Waals surface area contributed by atoms with Crippen LogP contribution >= 0.6 is 27.3 Å². The maximum Gasteiger partial charge on any atom is 0.262 e. The first-order valence-electron chi connectivity index (χ1n) is 6.05. The van der Waals surface area contributed by atoms with Gasteiger partial charge in [-0.1, -0.05) is 51.5 Å². The van der Waals surface area contributed by atoms with Crippen LogP contribution in [0.2, 0.25) is 0 Å². The van der Waals surface area contributed by atoms with Crippen molar-refractivity contribution in [1.29, 1.82) is 0 Å². The number of fused-ring (bicyclic) bond motifs is 1. The van der Waals surface area contributed by atoms with E-state index >= 15 is 0 Å². The minimum atomic E-state index is 1.11. The van der Waals surface area contributed by atoms with Gasteiger partial charge in [-0.25, -0.2) is 0 Å². The highest BCUT2D eigenvalue weighted by Gasteiger charge is 2.12. The van der Waals surface area contributed by atoms with Crippen LogP contribution in [0.25, 0.3) is 22.4 Å². The van der Waals surface area contributed by atoms with Crippen molar-refractivity contribution in [1.82, 2.24) is 0 Å². The highest BCUT2D eigenvalue weighted by atomic mass is 79.9. The Hall–Kier alpha value is -1.45. The molecule has 0 aliphatic carbocycles. The molecule has 0 fully saturated rings. The monoisotopic (exact) mass is 330 g/mol. The first-order valence-corrected chi connectivity index (χ1v) is 7.66. The summed E-state index contributed by atoms with van der Waals surface area (Å²) in [6.45, 7) is 0. The number of thiazole rings is 1. The summed E-state index contributed by atoms with van der Waals surface area (Å²) in [6, 6.07) is 16.8. The minimum absolute atomic E-state index is 1.11. The van der Waals surface area contributed by atoms with Crippen LogP contribution in [0.4, 0.5) is 0 Å². The second-order valence-corrected chi connectivity index (χ2v) is 6.33. The van der Waals surface area contributed by atoms with Crippen LogP contribution in [0.15, 0.2) is 53.0 Å². The number of aromatic nitrogens is 1. The van der Waals surface area contributed by atoms with Crippen molar-refractivity contribution in [3.63, 3.8) is 0 Å². The molecule has 3 heteroatoms. The van der Waals surface area contributed by atoms with Gasteiger partial charge in [0.2, 0.25) is 5.52 Å². The molecule has 2 aromatic carbocycles. The molecule has 0 saturated carbocycles. The molecule has 0 unspecified atom stereocenters. The molecule has 19 heavy (non-hydrogen) atoms. The maximum atomic E-state index is 3.49. The molecule has 0 N–H and O–H groups in total. The molecule has 3 aromatic rings. The molecule has 0 aliphatic heterocycles. The Balaban J connectivity index is 1.99. The van der Waals surface area contributed by atoms with Crippen LogP contribution in [0.5, 0.6) is 0 Å². The average Bonchev–Trinajstić information content (AvgIpc) is 2.74. The lowest BCUT2D eigenvalue weighted by molar-refractivity contribution is -0.642. The summed E-state index contributed by atoms with van der Waals surface area (Å²) in [7, 11) is 2.11. The van der Waals surface area contributed by atoms with Gasteiger partial charge in [0.05, 0.1) is 0 Å². The Morgan fingerprint density at radius 1 is 1.05 bits per heavy atom. The molecular weight excluding hydrogens is 318 g/mol. The summed E-state index contributed by atoms with van der Waals surface area (Å²) in [4.78, 5) is 0. The van der Waals surface area contributed by atoms with E-state index in [0.717, 1.165) is 4.47 Å². The Morgan fingerprint density at radius 2 is 1.89 bits per heavy atom. The minimum Gasteiger partial charge on any atom is -0.185 e. The zero-order valence-corrected chi connectivity index (χ0v) is 12.9. The number of rotatable bonds is 2. The maximum absolute atomic E-state index is 3.49. The van der Waals surface area contributed by atoms with Crippen LogP contribution in [0.3, 0.4) is 0 Å². The molecule has 0 radical (unpaired) electrons. The molecule has 0 atom stereocenters. The predicted molar refractivity (Wildman–Crippen MR) is 86.1 cm³/mol. The van der Waals surface area contributed by atoms with E-state index in [9.17, 15) is 0 Å². The van der Waals surface area contributed by atoms with Gasteiger partial charge in [-0.3, -0.25) is 0 Å². The normalized spacial score (nSPS) is 11.5. The fourth-order valence-electron chi connectivity index (χ4n) is 2.04. The Bertz CT molecular complexity index is 758. The van der Waals surface area contributed by atoms with Crippen molar-refractivity contribution >= 4 is 49.6 Å². The van der Waals surface area contributed by atoms with Gasteiger partial charge in [-0.05, 0) is 29.8 Å². The summed E-state index contributed by atoms with van der Waals surface area (Å²) in [6.07, 6.45) is 4.32. The smallest absolute Gasteiger partial charge is 0.185 e. The Kier molecular flexibility index (Phi) is 3.49. The predicted octanol–water partition coefficient (Wildman–Crippen LogP) is 4.66. The summed E-state index contributed by atoms with van der Waals surface area (Å²) < 4.78 is 4.66. The number of nitrogens with zero attached hydrogens (tertiary/aromatic N) is 1. The van der Waals surface area contributed by atoms with Crippen LogP contribution in [-0.4, -0.2) is 0 Å². The molecule has 1 aromatic heterocycles. The molecular formula is C16H13BrNS+. The lowest BCUT2D eigenvalue weighted by Gasteiger charge is -1.93. The van der Waals surface area contributed by atoms with E-state index in [1.54, 1.807) is 0 Å². The second-order valence-electron chi connectivity index (χ2n) is 4.36. The topological polar surface area (TPSA) is 3.88 Å². The van der Waals surface area contributed by atoms with E-state index in [1.165, 1.54) is 20.8 Å². The van der Waals surface area contributed by atoms with Crippen LogP contribution in [0, 0.1) is 0 Å². The van der Waals surface area contributed by atoms with E-state index < -0.39 is 0 Å². The summed E-state index contributed by atoms with van der Waals surface area (Å²) in [5.41, 5.74) is 2.48. The van der Waals surface area contributed by atoms with Crippen molar-refractivity contribution in [3.05, 3.63) is 63.6 Å². The van der Waals surface area contributed by atoms with E-state index in [0.29, 0.717) is 0 Å². The summed E-state index contributed by atoms with van der Waals surface area (Å²) in [5.74, 6) is 0. The van der Waals surface area contributed by atoms with Crippen molar-refractivity contribution in [3.8, 4) is 0 Å². The van der Waals surface area contributed by atoms with Gasteiger partial charge in [0.15, 0.2) is 0 Å². The number of hydrogen-bond acceptors (Lipinski definition) is 1. The van der Waals surface area contributed by atoms with Gasteiger partial charge in [0, 0.05) is 16.6 Å². The fourth-order valence-corrected chi connectivity index (χ4v) is 3.51. The van der Waals surface area contributed by atoms with E-state index in [4.69, 9.17) is 0 Å². The first-order chi connectivity index (χ1) is 9.24. The molecule has 3 rings (SSSR count). The number of hydrogen-bond donors (Lipinski definition) is 0. The summed E-state index contributed by atoms with van der Waals surface area (Å²) >= 11 is 5.31. The molecule has 0 bridgehead atoms. The zero-order chi connectivity index (χ0) is 13.2. The third-order valence-electron chi connectivity index (χ3n) is 3.04. The standard InChI is InChI=1S/C16H13BrNS/c1-18-14-7-2-3-8-15(14)19-16(18)10-9-12-5-4-6-13(17)11-12/h2-11H,1H3/q+1/b10-9+. The van der Waals surface area contributed by atoms with Crippen LogP contribution in [-0.2, 0) is 7.05 Å². The van der Waals surface area contributed by atoms with Gasteiger partial charge in [0.25, 0.3) is 5.01 Å². The quantitative estimate of drug-likeness (QED) is 0.602. The van der Waals surface area contributed by atoms with Gasteiger partial charge in [-0.15, -0.1) is 0 Å². The van der Waals surface area contributed by atoms with Crippen molar-refractivity contribution < 1.29 is 4.57 Å². The number of aryl methyl sites for hydroxylation is 1. The third-order valence-corrected chi connectivity index (χ3v) is 4.72. The number of para-hydroxylation sites is 1. The van der Waals surface area contributed by atoms with Gasteiger partial charge >= 0.3 is 0 Å². The van der Waals surface area contributed by atoms with Gasteiger partial charge in [0.1, 0.15) is 11.7 Å². The van der Waals surface area contributed by atoms with Crippen LogP contribution in [0.1, 0.15) is 10.6 Å². The largest absolute Gasteiger partial charge is 0.262 e. The number of halogens is 1. The van der Waals surface area contributed by atoms with Crippen LogP contribution < -0.4 is 4.57 Å². The first kappa shape index (κ1) is 12.6. The Morgan fingerprint density at radius 3 is 2.68 bits per heavy atom. The van der Waals surface area contributed by atoms with Gasteiger partial charge < -0.3 is 0 Å². The molecule has 1 nitrogen and oxygen atoms in total. The molecule has 1 heterocycles. The van der Waals surface area contributed by atoms with E-state index in [2.05, 4.69) is 82.2 Å². The molecule has 94 valence electrons. The lowest BCUT2D eigenvalue weighted by Crippen LogP contribution is -2.28. The zero-order valence-electron chi connectivity index (χ0n) is 10.5. The van der Waals surface area contributed by atoms with Crippen molar-refractivity contribution in [2.75, 3.05) is 0 Å². The highest BCUT2D eigenvalue weighted by molar-refractivity contribution is 9.10. The van der Waals surface area contributed by atoms with E-state index in [-0.39, 0.29) is 0 Å². The summed E-state index contributed by atoms with van der Waals surface area (Å²) in [5, 5.41) is 1.25. The average molecular weight is 331 g/mol. The third kappa shape index (κ3) is 2.62. The van der Waals surface area contributed by atoms with E-state index in [1.807, 2.05) is 17.4 Å². The lowest BCUT2D eigenvalue weighted by atomic mass is 10.2. The molecule has 0 aliphatic rings. The molecule has 0 amide bonds. The highest BCUT2D eigenvalue weighted by Crippen LogP contribution is 2.21. The fraction of sp³-hybridized carbons (Fsp3) is 0.0625. The van der Waals surface area contributed by atoms with Gasteiger partial charge in [-0.2, -0.15) is 4.57 Å². The Labute approximate surface area is 125 Å². The number of benzene rings is 2. The second kappa shape index (κ2) is 5.27.